The molecule has 1 fully saturated rings. The molecular weight excluding hydrogens is 455 g/mol. The lowest BCUT2D eigenvalue weighted by atomic mass is 9.91. The van der Waals surface area contributed by atoms with Crippen LogP contribution in [0.3, 0.4) is 0 Å². The predicted octanol–water partition coefficient (Wildman–Crippen LogP) is 5.27. The minimum absolute atomic E-state index is 0.0153. The zero-order valence-electron chi connectivity index (χ0n) is 19.6. The van der Waals surface area contributed by atoms with Gasteiger partial charge in [-0.05, 0) is 61.6 Å². The van der Waals surface area contributed by atoms with Crippen LogP contribution in [-0.4, -0.2) is 42.1 Å². The van der Waals surface area contributed by atoms with Crippen LogP contribution in [0.5, 0.6) is 0 Å². The first-order chi connectivity index (χ1) is 16.7. The highest BCUT2D eigenvalue weighted by Gasteiger charge is 2.30. The maximum atomic E-state index is 12.9. The summed E-state index contributed by atoms with van der Waals surface area (Å²) in [5, 5.41) is 7.38. The Morgan fingerprint density at radius 1 is 1.00 bits per heavy atom. The van der Waals surface area contributed by atoms with Crippen molar-refractivity contribution in [2.24, 2.45) is 0 Å². The minimum Gasteiger partial charge on any atom is -0.362 e. The number of fused-ring (bicyclic) bond motifs is 1. The van der Waals surface area contributed by atoms with E-state index in [-0.39, 0.29) is 18.0 Å². The van der Waals surface area contributed by atoms with E-state index in [9.17, 15) is 18.0 Å². The van der Waals surface area contributed by atoms with Gasteiger partial charge in [0, 0.05) is 37.6 Å². The number of carbonyl (C=O) groups excluding carboxylic acids is 1. The Kier molecular flexibility index (Phi) is 7.23. The SMILES string of the molecule is CN(C)c1nc(N[C@H]2CC[C@@H](NC(=O)/C=C/c3cccc(C(F)(F)F)c3)CC2)nc2ccccc12. The Hall–Kier alpha value is -3.62. The van der Waals surface area contributed by atoms with Crippen LogP contribution in [0.4, 0.5) is 24.9 Å². The fraction of sp³-hybridized carbons (Fsp3) is 0.346. The molecule has 2 aromatic carbocycles. The van der Waals surface area contributed by atoms with Gasteiger partial charge in [0.1, 0.15) is 5.82 Å². The summed E-state index contributed by atoms with van der Waals surface area (Å²) in [6, 6.07) is 13.0. The van der Waals surface area contributed by atoms with Crippen LogP contribution < -0.4 is 15.5 Å². The van der Waals surface area contributed by atoms with Gasteiger partial charge in [-0.15, -0.1) is 0 Å². The fourth-order valence-corrected chi connectivity index (χ4v) is 4.27. The van der Waals surface area contributed by atoms with Crippen molar-refractivity contribution in [3.63, 3.8) is 0 Å². The molecule has 1 heterocycles. The minimum atomic E-state index is -4.41. The second kappa shape index (κ2) is 10.3. The van der Waals surface area contributed by atoms with E-state index in [2.05, 4.69) is 15.6 Å². The normalized spacial score (nSPS) is 18.5. The molecule has 35 heavy (non-hydrogen) atoms. The Morgan fingerprint density at radius 3 is 2.43 bits per heavy atom. The van der Waals surface area contributed by atoms with Crippen molar-refractivity contribution in [2.75, 3.05) is 24.3 Å². The van der Waals surface area contributed by atoms with E-state index < -0.39 is 11.7 Å². The smallest absolute Gasteiger partial charge is 0.362 e. The van der Waals surface area contributed by atoms with Crippen molar-refractivity contribution in [1.29, 1.82) is 0 Å². The van der Waals surface area contributed by atoms with E-state index in [1.165, 1.54) is 24.3 Å². The predicted molar refractivity (Wildman–Crippen MR) is 132 cm³/mol. The van der Waals surface area contributed by atoms with Crippen molar-refractivity contribution in [3.8, 4) is 0 Å². The van der Waals surface area contributed by atoms with Gasteiger partial charge in [-0.25, -0.2) is 4.98 Å². The largest absolute Gasteiger partial charge is 0.416 e. The second-order valence-corrected chi connectivity index (χ2v) is 8.94. The molecule has 6 nitrogen and oxygen atoms in total. The number of rotatable bonds is 6. The number of benzene rings is 2. The molecule has 2 N–H and O–H groups in total. The molecule has 1 saturated carbocycles. The Bertz CT molecular complexity index is 1220. The lowest BCUT2D eigenvalue weighted by Crippen LogP contribution is -2.39. The van der Waals surface area contributed by atoms with Crippen LogP contribution in [0.15, 0.2) is 54.6 Å². The van der Waals surface area contributed by atoms with Crippen molar-refractivity contribution in [1.82, 2.24) is 15.3 Å². The van der Waals surface area contributed by atoms with Crippen molar-refractivity contribution in [3.05, 3.63) is 65.7 Å². The second-order valence-electron chi connectivity index (χ2n) is 8.94. The standard InChI is InChI=1S/C26H28F3N5O/c1-34(2)24-21-8-3-4-9-22(21)32-25(33-24)31-20-13-11-19(12-14-20)30-23(35)15-10-17-6-5-7-18(16-17)26(27,28)29/h3-10,15-16,19-20H,11-14H2,1-2H3,(H,30,35)(H,31,32,33)/b15-10+/t19-,20+. The quantitative estimate of drug-likeness (QED) is 0.468. The van der Waals surface area contributed by atoms with Crippen LogP contribution >= 0.6 is 0 Å². The first-order valence-corrected chi connectivity index (χ1v) is 11.6. The van der Waals surface area contributed by atoms with Crippen molar-refractivity contribution >= 4 is 34.7 Å². The molecule has 0 unspecified atom stereocenters. The molecule has 0 atom stereocenters. The number of amides is 1. The highest BCUT2D eigenvalue weighted by molar-refractivity contribution is 5.92. The van der Waals surface area contributed by atoms with Crippen molar-refractivity contribution < 1.29 is 18.0 Å². The summed E-state index contributed by atoms with van der Waals surface area (Å²) in [4.78, 5) is 23.6. The van der Waals surface area contributed by atoms with Gasteiger partial charge in [-0.3, -0.25) is 4.79 Å². The third-order valence-corrected chi connectivity index (χ3v) is 6.05. The molecule has 1 aliphatic rings. The highest BCUT2D eigenvalue weighted by atomic mass is 19.4. The number of para-hydroxylation sites is 1. The molecule has 1 aromatic heterocycles. The summed E-state index contributed by atoms with van der Waals surface area (Å²) in [5.41, 5.74) is 0.469. The molecule has 3 aromatic rings. The molecule has 0 spiro atoms. The van der Waals surface area contributed by atoms with Gasteiger partial charge in [-0.1, -0.05) is 24.3 Å². The number of nitrogens with zero attached hydrogens (tertiary/aromatic N) is 3. The molecule has 0 saturated heterocycles. The third kappa shape index (κ3) is 6.29. The average Bonchev–Trinajstić information content (AvgIpc) is 2.83. The van der Waals surface area contributed by atoms with Gasteiger partial charge >= 0.3 is 6.18 Å². The summed E-state index contributed by atoms with van der Waals surface area (Å²) in [5.74, 6) is 1.13. The molecule has 1 aliphatic carbocycles. The lowest BCUT2D eigenvalue weighted by molar-refractivity contribution is -0.137. The van der Waals surface area contributed by atoms with Gasteiger partial charge in [-0.2, -0.15) is 18.2 Å². The number of anilines is 2. The summed E-state index contributed by atoms with van der Waals surface area (Å²) >= 11 is 0. The molecule has 0 radical (unpaired) electrons. The van der Waals surface area contributed by atoms with E-state index >= 15 is 0 Å². The maximum Gasteiger partial charge on any atom is 0.416 e. The lowest BCUT2D eigenvalue weighted by Gasteiger charge is -2.29. The summed E-state index contributed by atoms with van der Waals surface area (Å²) in [6.07, 6.45) is 1.53. The molecule has 184 valence electrons. The van der Waals surface area contributed by atoms with Crippen molar-refractivity contribution in [2.45, 2.75) is 43.9 Å². The highest BCUT2D eigenvalue weighted by Crippen LogP contribution is 2.30. The number of hydrogen-bond donors (Lipinski definition) is 2. The molecular formula is C26H28F3N5O. The zero-order valence-corrected chi connectivity index (χ0v) is 19.6. The molecule has 9 heteroatoms. The third-order valence-electron chi connectivity index (χ3n) is 6.05. The number of alkyl halides is 3. The topological polar surface area (TPSA) is 70.2 Å². The van der Waals surface area contributed by atoms with E-state index in [1.54, 1.807) is 0 Å². The van der Waals surface area contributed by atoms with E-state index in [0.29, 0.717) is 11.5 Å². The summed E-state index contributed by atoms with van der Waals surface area (Å²) in [6.45, 7) is 0. The van der Waals surface area contributed by atoms with Gasteiger partial charge in [0.05, 0.1) is 11.1 Å². The van der Waals surface area contributed by atoms with Gasteiger partial charge < -0.3 is 15.5 Å². The van der Waals surface area contributed by atoms with Crippen LogP contribution in [-0.2, 0) is 11.0 Å². The monoisotopic (exact) mass is 483 g/mol. The van der Waals surface area contributed by atoms with E-state index in [4.69, 9.17) is 4.98 Å². The van der Waals surface area contributed by atoms with E-state index in [1.807, 2.05) is 43.3 Å². The Labute approximate surface area is 202 Å². The maximum absolute atomic E-state index is 12.9. The Morgan fingerprint density at radius 2 is 1.71 bits per heavy atom. The van der Waals surface area contributed by atoms with Gasteiger partial charge in [0.15, 0.2) is 0 Å². The van der Waals surface area contributed by atoms with Crippen LogP contribution in [0.25, 0.3) is 17.0 Å². The zero-order chi connectivity index (χ0) is 25.0. The summed E-state index contributed by atoms with van der Waals surface area (Å²) in [7, 11) is 3.90. The first kappa shape index (κ1) is 24.5. The average molecular weight is 484 g/mol. The van der Waals surface area contributed by atoms with Crippen LogP contribution in [0.2, 0.25) is 0 Å². The molecule has 0 bridgehead atoms. The molecule has 1 amide bonds. The molecule has 0 aliphatic heterocycles. The number of carbonyl (C=O) groups is 1. The number of hydrogen-bond acceptors (Lipinski definition) is 5. The Balaban J connectivity index is 1.31. The summed E-state index contributed by atoms with van der Waals surface area (Å²) < 4.78 is 38.6. The number of aromatic nitrogens is 2. The fourth-order valence-electron chi connectivity index (χ4n) is 4.27. The molecule has 4 rings (SSSR count). The van der Waals surface area contributed by atoms with Gasteiger partial charge in [0.25, 0.3) is 0 Å². The van der Waals surface area contributed by atoms with Crippen LogP contribution in [0, 0.1) is 0 Å². The van der Waals surface area contributed by atoms with E-state index in [0.717, 1.165) is 54.5 Å². The first-order valence-electron chi connectivity index (χ1n) is 11.6. The van der Waals surface area contributed by atoms with Gasteiger partial charge in [0.2, 0.25) is 11.9 Å². The number of halogens is 3. The number of nitrogens with one attached hydrogen (secondary N) is 2. The van der Waals surface area contributed by atoms with Crippen LogP contribution in [0.1, 0.15) is 36.8 Å².